The van der Waals surface area contributed by atoms with Gasteiger partial charge in [0.25, 0.3) is 0 Å². The Labute approximate surface area is 117 Å². The SMILES string of the molecule is CCOc1ccc2[nH]c(Cc3ccccc3C)nc2n1. The summed E-state index contributed by atoms with van der Waals surface area (Å²) in [4.78, 5) is 12.2. The fourth-order valence-corrected chi connectivity index (χ4v) is 2.23. The molecule has 0 aliphatic carbocycles. The van der Waals surface area contributed by atoms with Crippen molar-refractivity contribution < 1.29 is 4.74 Å². The van der Waals surface area contributed by atoms with E-state index in [0.717, 1.165) is 17.8 Å². The number of pyridine rings is 1. The van der Waals surface area contributed by atoms with E-state index in [1.54, 1.807) is 0 Å². The average molecular weight is 267 g/mol. The summed E-state index contributed by atoms with van der Waals surface area (Å²) < 4.78 is 5.40. The van der Waals surface area contributed by atoms with E-state index in [0.29, 0.717) is 18.1 Å². The second kappa shape index (κ2) is 5.33. The standard InChI is InChI=1S/C16H17N3O/c1-3-20-15-9-8-13-16(19-15)18-14(17-13)10-12-7-5-4-6-11(12)2/h4-9H,3,10H2,1-2H3,(H,17,18,19). The van der Waals surface area contributed by atoms with Gasteiger partial charge in [-0.1, -0.05) is 24.3 Å². The highest BCUT2D eigenvalue weighted by Gasteiger charge is 2.07. The first-order chi connectivity index (χ1) is 9.76. The lowest BCUT2D eigenvalue weighted by Crippen LogP contribution is -1.94. The predicted octanol–water partition coefficient (Wildman–Crippen LogP) is 3.26. The van der Waals surface area contributed by atoms with Crippen molar-refractivity contribution in [2.45, 2.75) is 20.3 Å². The minimum atomic E-state index is 0.610. The monoisotopic (exact) mass is 267 g/mol. The van der Waals surface area contributed by atoms with E-state index in [9.17, 15) is 0 Å². The number of hydrogen-bond donors (Lipinski definition) is 1. The summed E-state index contributed by atoms with van der Waals surface area (Å²) in [6, 6.07) is 12.2. The first-order valence-electron chi connectivity index (χ1n) is 6.79. The van der Waals surface area contributed by atoms with Crippen molar-refractivity contribution in [3.8, 4) is 5.88 Å². The highest BCUT2D eigenvalue weighted by atomic mass is 16.5. The maximum atomic E-state index is 5.40. The molecule has 0 aliphatic heterocycles. The number of aromatic amines is 1. The molecule has 2 heterocycles. The van der Waals surface area contributed by atoms with Crippen LogP contribution in [0.1, 0.15) is 23.9 Å². The van der Waals surface area contributed by atoms with Gasteiger partial charge in [-0.15, -0.1) is 0 Å². The Hall–Kier alpha value is -2.36. The van der Waals surface area contributed by atoms with E-state index in [1.807, 2.05) is 25.1 Å². The summed E-state index contributed by atoms with van der Waals surface area (Å²) in [6.07, 6.45) is 0.785. The molecule has 0 fully saturated rings. The molecule has 0 amide bonds. The molecule has 20 heavy (non-hydrogen) atoms. The van der Waals surface area contributed by atoms with Crippen LogP contribution in [0.3, 0.4) is 0 Å². The summed E-state index contributed by atoms with van der Waals surface area (Å²) in [6.45, 7) is 4.67. The highest BCUT2D eigenvalue weighted by Crippen LogP contribution is 2.17. The molecule has 1 N–H and O–H groups in total. The zero-order valence-electron chi connectivity index (χ0n) is 11.7. The van der Waals surface area contributed by atoms with Crippen molar-refractivity contribution in [3.05, 3.63) is 53.3 Å². The normalized spacial score (nSPS) is 10.9. The number of aromatic nitrogens is 3. The molecule has 0 spiro atoms. The van der Waals surface area contributed by atoms with Crippen molar-refractivity contribution in [1.29, 1.82) is 0 Å². The molecule has 3 aromatic rings. The minimum absolute atomic E-state index is 0.610. The number of nitrogens with zero attached hydrogens (tertiary/aromatic N) is 2. The van der Waals surface area contributed by atoms with Gasteiger partial charge in [0, 0.05) is 12.5 Å². The summed E-state index contributed by atoms with van der Waals surface area (Å²) in [5, 5.41) is 0. The fourth-order valence-electron chi connectivity index (χ4n) is 2.23. The molecule has 0 saturated heterocycles. The maximum absolute atomic E-state index is 5.40. The molecular weight excluding hydrogens is 250 g/mol. The lowest BCUT2D eigenvalue weighted by Gasteiger charge is -2.02. The van der Waals surface area contributed by atoms with Crippen LogP contribution >= 0.6 is 0 Å². The van der Waals surface area contributed by atoms with Gasteiger partial charge in [0.05, 0.1) is 12.1 Å². The van der Waals surface area contributed by atoms with Gasteiger partial charge >= 0.3 is 0 Å². The first-order valence-corrected chi connectivity index (χ1v) is 6.79. The van der Waals surface area contributed by atoms with Gasteiger partial charge in [-0.05, 0) is 31.0 Å². The summed E-state index contributed by atoms with van der Waals surface area (Å²) in [5.74, 6) is 1.55. The zero-order chi connectivity index (χ0) is 13.9. The molecule has 102 valence electrons. The van der Waals surface area contributed by atoms with E-state index in [-0.39, 0.29) is 0 Å². The smallest absolute Gasteiger partial charge is 0.215 e. The highest BCUT2D eigenvalue weighted by molar-refractivity contribution is 5.71. The number of fused-ring (bicyclic) bond motifs is 1. The Morgan fingerprint density at radius 3 is 2.75 bits per heavy atom. The second-order valence-electron chi connectivity index (χ2n) is 4.74. The van der Waals surface area contributed by atoms with E-state index >= 15 is 0 Å². The summed E-state index contributed by atoms with van der Waals surface area (Å²) in [5.41, 5.74) is 4.20. The van der Waals surface area contributed by atoms with Crippen molar-refractivity contribution in [1.82, 2.24) is 15.0 Å². The third kappa shape index (κ3) is 2.50. The summed E-state index contributed by atoms with van der Waals surface area (Å²) >= 11 is 0. The Morgan fingerprint density at radius 2 is 1.95 bits per heavy atom. The quantitative estimate of drug-likeness (QED) is 0.789. The molecular formula is C16H17N3O. The second-order valence-corrected chi connectivity index (χ2v) is 4.74. The van der Waals surface area contributed by atoms with Crippen molar-refractivity contribution in [2.75, 3.05) is 6.61 Å². The molecule has 0 saturated carbocycles. The predicted molar refractivity (Wildman–Crippen MR) is 79.0 cm³/mol. The minimum Gasteiger partial charge on any atom is -0.478 e. The third-order valence-corrected chi connectivity index (χ3v) is 3.28. The Kier molecular flexibility index (Phi) is 3.37. The maximum Gasteiger partial charge on any atom is 0.215 e. The first kappa shape index (κ1) is 12.7. The molecule has 4 heteroatoms. The van der Waals surface area contributed by atoms with E-state index < -0.39 is 0 Å². The average Bonchev–Trinajstić information content (AvgIpc) is 2.83. The van der Waals surface area contributed by atoms with Crippen LogP contribution in [0.15, 0.2) is 36.4 Å². The molecule has 3 rings (SSSR count). The van der Waals surface area contributed by atoms with Gasteiger partial charge in [0.1, 0.15) is 5.82 Å². The Morgan fingerprint density at radius 1 is 1.10 bits per heavy atom. The number of hydrogen-bond acceptors (Lipinski definition) is 3. The van der Waals surface area contributed by atoms with Crippen LogP contribution in [-0.4, -0.2) is 21.6 Å². The van der Waals surface area contributed by atoms with Crippen molar-refractivity contribution in [3.63, 3.8) is 0 Å². The van der Waals surface area contributed by atoms with Crippen molar-refractivity contribution in [2.24, 2.45) is 0 Å². The Bertz CT molecular complexity index is 733. The number of H-pyrrole nitrogens is 1. The van der Waals surface area contributed by atoms with Gasteiger partial charge in [-0.2, -0.15) is 4.98 Å². The van der Waals surface area contributed by atoms with Crippen LogP contribution in [0.4, 0.5) is 0 Å². The van der Waals surface area contributed by atoms with Crippen LogP contribution in [0.5, 0.6) is 5.88 Å². The lowest BCUT2D eigenvalue weighted by molar-refractivity contribution is 0.328. The van der Waals surface area contributed by atoms with Gasteiger partial charge in [-0.25, -0.2) is 4.98 Å². The summed E-state index contributed by atoms with van der Waals surface area (Å²) in [7, 11) is 0. The number of nitrogens with one attached hydrogen (secondary N) is 1. The molecule has 0 radical (unpaired) electrons. The lowest BCUT2D eigenvalue weighted by atomic mass is 10.1. The fraction of sp³-hybridized carbons (Fsp3) is 0.250. The Balaban J connectivity index is 1.91. The molecule has 0 atom stereocenters. The number of aryl methyl sites for hydroxylation is 1. The van der Waals surface area contributed by atoms with Gasteiger partial charge < -0.3 is 9.72 Å². The molecule has 2 aromatic heterocycles. The molecule has 0 bridgehead atoms. The van der Waals surface area contributed by atoms with E-state index in [4.69, 9.17) is 4.74 Å². The zero-order valence-corrected chi connectivity index (χ0v) is 11.7. The largest absolute Gasteiger partial charge is 0.478 e. The van der Waals surface area contributed by atoms with Gasteiger partial charge in [0.15, 0.2) is 5.65 Å². The van der Waals surface area contributed by atoms with Crippen LogP contribution in [0, 0.1) is 6.92 Å². The number of ether oxygens (including phenoxy) is 1. The van der Waals surface area contributed by atoms with Crippen LogP contribution < -0.4 is 4.74 Å². The van der Waals surface area contributed by atoms with E-state index in [1.165, 1.54) is 11.1 Å². The molecule has 4 nitrogen and oxygen atoms in total. The molecule has 0 aliphatic rings. The third-order valence-electron chi connectivity index (χ3n) is 3.28. The van der Waals surface area contributed by atoms with E-state index in [2.05, 4.69) is 40.1 Å². The van der Waals surface area contributed by atoms with Crippen molar-refractivity contribution >= 4 is 11.2 Å². The molecule has 1 aromatic carbocycles. The van der Waals surface area contributed by atoms with Gasteiger partial charge in [-0.3, -0.25) is 0 Å². The number of benzene rings is 1. The van der Waals surface area contributed by atoms with Gasteiger partial charge in [0.2, 0.25) is 5.88 Å². The topological polar surface area (TPSA) is 50.8 Å². The van der Waals surface area contributed by atoms with Crippen LogP contribution in [0.25, 0.3) is 11.2 Å². The van der Waals surface area contributed by atoms with Crippen LogP contribution in [-0.2, 0) is 6.42 Å². The number of imidazole rings is 1. The van der Waals surface area contributed by atoms with Crippen LogP contribution in [0.2, 0.25) is 0 Å². The molecule has 0 unspecified atom stereocenters. The number of rotatable bonds is 4.